The van der Waals surface area contributed by atoms with Crippen LogP contribution >= 0.6 is 11.6 Å². The van der Waals surface area contributed by atoms with Crippen LogP contribution in [0.3, 0.4) is 0 Å². The predicted molar refractivity (Wildman–Crippen MR) is 173 cm³/mol. The minimum atomic E-state index is -0.312. The van der Waals surface area contributed by atoms with Gasteiger partial charge in [0.2, 0.25) is 11.9 Å². The zero-order valence-electron chi connectivity index (χ0n) is 25.7. The molecule has 12 nitrogen and oxygen atoms in total. The normalized spacial score (nSPS) is 17.3. The number of carbonyl (C=O) groups is 1. The van der Waals surface area contributed by atoms with Gasteiger partial charge in [0.05, 0.1) is 46.8 Å². The summed E-state index contributed by atoms with van der Waals surface area (Å²) in [6.07, 6.45) is 5.86. The van der Waals surface area contributed by atoms with Crippen molar-refractivity contribution in [3.8, 4) is 17.9 Å². The van der Waals surface area contributed by atoms with Crippen LogP contribution in [0, 0.1) is 28.1 Å². The molecule has 1 saturated carbocycles. The van der Waals surface area contributed by atoms with Gasteiger partial charge in [0.25, 0.3) is 0 Å². The monoisotopic (exact) mass is 636 g/mol. The van der Waals surface area contributed by atoms with Crippen molar-refractivity contribution in [2.45, 2.75) is 44.7 Å². The van der Waals surface area contributed by atoms with Gasteiger partial charge >= 0.3 is 0 Å². The molecule has 2 aromatic carbocycles. The molecule has 3 fully saturated rings. The molecule has 1 spiro atoms. The van der Waals surface area contributed by atoms with Crippen LogP contribution in [0.1, 0.15) is 48.9 Å². The van der Waals surface area contributed by atoms with E-state index < -0.39 is 0 Å². The molecule has 1 aliphatic carbocycles. The number of nitriles is 2. The molecule has 4 heterocycles. The second kappa shape index (κ2) is 11.7. The molecular weight excluding hydrogens is 604 g/mol. The first kappa shape index (κ1) is 29.6. The van der Waals surface area contributed by atoms with Crippen molar-refractivity contribution in [1.29, 1.82) is 10.5 Å². The Labute approximate surface area is 271 Å². The third-order valence-electron chi connectivity index (χ3n) is 9.45. The largest absolute Gasteiger partial charge is 0.497 e. The number of imidazole rings is 1. The first-order chi connectivity index (χ1) is 22.3. The number of methoxy groups -OCH3 is 1. The number of anilines is 4. The number of rotatable bonds is 8. The molecule has 13 heteroatoms. The maximum absolute atomic E-state index is 12.9. The maximum Gasteiger partial charge on any atom is 0.247 e. The van der Waals surface area contributed by atoms with E-state index in [0.29, 0.717) is 47.4 Å². The standard InChI is InChI=1S/C33H33ClN10O2/c1-41-12-9-33(31(41)45)10-13-42(14-11-33)27-16-22(17-35)15-26(28(27)34)38-32-39-30(29-37-19-24(18-36)44(29)40-32)43(23-5-6-23)20-21-3-7-25(46-2)8-4-21/h3-4,7-8,15-16,19,23H,5-6,9-14,20H2,1-2H3,(H,38,40). The molecule has 234 valence electrons. The highest BCUT2D eigenvalue weighted by atomic mass is 35.5. The Kier molecular flexibility index (Phi) is 7.53. The quantitative estimate of drug-likeness (QED) is 0.284. The van der Waals surface area contributed by atoms with Gasteiger partial charge in [0.1, 0.15) is 11.8 Å². The van der Waals surface area contributed by atoms with Crippen LogP contribution < -0.4 is 19.9 Å². The highest BCUT2D eigenvalue weighted by Crippen LogP contribution is 2.44. The molecule has 0 atom stereocenters. The van der Waals surface area contributed by atoms with Gasteiger partial charge in [-0.15, -0.1) is 5.10 Å². The van der Waals surface area contributed by atoms with Gasteiger partial charge in [-0.05, 0) is 61.9 Å². The third kappa shape index (κ3) is 5.29. The molecule has 2 saturated heterocycles. The van der Waals surface area contributed by atoms with Crippen LogP contribution in [-0.2, 0) is 11.3 Å². The molecule has 1 amide bonds. The molecule has 0 unspecified atom stereocenters. The van der Waals surface area contributed by atoms with Gasteiger partial charge in [-0.1, -0.05) is 23.7 Å². The van der Waals surface area contributed by atoms with Gasteiger partial charge in [-0.3, -0.25) is 4.79 Å². The van der Waals surface area contributed by atoms with Crippen LogP contribution in [0.4, 0.5) is 23.1 Å². The minimum Gasteiger partial charge on any atom is -0.497 e. The number of carbonyl (C=O) groups excluding carboxylic acids is 1. The van der Waals surface area contributed by atoms with E-state index in [9.17, 15) is 15.3 Å². The first-order valence-electron chi connectivity index (χ1n) is 15.4. The van der Waals surface area contributed by atoms with Crippen LogP contribution in [0.15, 0.2) is 42.6 Å². The highest BCUT2D eigenvalue weighted by molar-refractivity contribution is 6.36. The second-order valence-corrected chi connectivity index (χ2v) is 12.7. The van der Waals surface area contributed by atoms with Gasteiger partial charge in [-0.2, -0.15) is 20.0 Å². The lowest BCUT2D eigenvalue weighted by Gasteiger charge is -2.39. The van der Waals surface area contributed by atoms with E-state index in [1.165, 1.54) is 10.7 Å². The summed E-state index contributed by atoms with van der Waals surface area (Å²) in [5.41, 5.74) is 3.15. The smallest absolute Gasteiger partial charge is 0.247 e. The number of ether oxygens (including phenoxy) is 1. The molecule has 4 aromatic rings. The van der Waals surface area contributed by atoms with Gasteiger partial charge < -0.3 is 24.8 Å². The Morgan fingerprint density at radius 3 is 2.48 bits per heavy atom. The Morgan fingerprint density at radius 2 is 1.85 bits per heavy atom. The predicted octanol–water partition coefficient (Wildman–Crippen LogP) is 4.89. The van der Waals surface area contributed by atoms with Crippen molar-refractivity contribution in [3.63, 3.8) is 0 Å². The summed E-state index contributed by atoms with van der Waals surface area (Å²) < 4.78 is 6.83. The number of aromatic nitrogens is 4. The highest BCUT2D eigenvalue weighted by Gasteiger charge is 2.47. The number of amides is 1. The third-order valence-corrected chi connectivity index (χ3v) is 9.84. The average Bonchev–Trinajstić information content (AvgIpc) is 3.79. The zero-order chi connectivity index (χ0) is 32.0. The molecule has 2 aromatic heterocycles. The number of hydrogen-bond donors (Lipinski definition) is 1. The maximum atomic E-state index is 12.9. The van der Waals surface area contributed by atoms with E-state index >= 15 is 0 Å². The SMILES string of the molecule is COc1ccc(CN(c2nc(Nc3cc(C#N)cc(N4CCC5(CCN(C)C5=O)CC4)c3Cl)nn3c(C#N)cnc23)C2CC2)cc1. The summed E-state index contributed by atoms with van der Waals surface area (Å²) in [6.45, 7) is 2.68. The number of piperidine rings is 1. The van der Waals surface area contributed by atoms with Crippen molar-refractivity contribution in [2.75, 3.05) is 48.9 Å². The molecule has 2 aliphatic heterocycles. The summed E-state index contributed by atoms with van der Waals surface area (Å²) in [4.78, 5) is 28.5. The van der Waals surface area contributed by atoms with E-state index in [1.807, 2.05) is 36.2 Å². The fourth-order valence-electron chi connectivity index (χ4n) is 6.63. The lowest BCUT2D eigenvalue weighted by Crippen LogP contribution is -2.44. The summed E-state index contributed by atoms with van der Waals surface area (Å²) >= 11 is 7.04. The van der Waals surface area contributed by atoms with Crippen LogP contribution in [0.2, 0.25) is 5.02 Å². The van der Waals surface area contributed by atoms with Gasteiger partial charge in [0, 0.05) is 39.3 Å². The number of halogens is 1. The first-order valence-corrected chi connectivity index (χ1v) is 15.8. The molecule has 0 radical (unpaired) electrons. The van der Waals surface area contributed by atoms with Gasteiger partial charge in [-0.25, -0.2) is 4.98 Å². The Morgan fingerprint density at radius 1 is 1.11 bits per heavy atom. The summed E-state index contributed by atoms with van der Waals surface area (Å²) in [6, 6.07) is 16.1. The Bertz CT molecular complexity index is 1900. The molecule has 7 rings (SSSR count). The van der Waals surface area contributed by atoms with Crippen LogP contribution in [0.25, 0.3) is 5.65 Å². The topological polar surface area (TPSA) is 139 Å². The van der Waals surface area contributed by atoms with E-state index in [1.54, 1.807) is 19.2 Å². The second-order valence-electron chi connectivity index (χ2n) is 12.3. The van der Waals surface area contributed by atoms with E-state index in [2.05, 4.69) is 37.3 Å². The molecule has 46 heavy (non-hydrogen) atoms. The lowest BCUT2D eigenvalue weighted by molar-refractivity contribution is -0.135. The average molecular weight is 637 g/mol. The lowest BCUT2D eigenvalue weighted by atomic mass is 9.77. The van der Waals surface area contributed by atoms with Crippen molar-refractivity contribution in [3.05, 3.63) is 64.4 Å². The number of benzene rings is 2. The minimum absolute atomic E-state index is 0.220. The van der Waals surface area contributed by atoms with E-state index in [0.717, 1.165) is 55.6 Å². The van der Waals surface area contributed by atoms with Crippen molar-refractivity contribution in [1.82, 2.24) is 24.5 Å². The van der Waals surface area contributed by atoms with Gasteiger partial charge in [0.15, 0.2) is 17.2 Å². The number of hydrogen-bond acceptors (Lipinski definition) is 10. The zero-order valence-corrected chi connectivity index (χ0v) is 26.5. The fraction of sp³-hybridized carbons (Fsp3) is 0.394. The molecule has 3 aliphatic rings. The van der Waals surface area contributed by atoms with E-state index in [-0.39, 0.29) is 29.0 Å². The number of fused-ring (bicyclic) bond motifs is 1. The summed E-state index contributed by atoms with van der Waals surface area (Å²) in [5.74, 6) is 1.82. The Hall–Kier alpha value is -5.07. The Balaban J connectivity index is 1.22. The molecule has 0 bridgehead atoms. The van der Waals surface area contributed by atoms with Crippen molar-refractivity contribution in [2.24, 2.45) is 5.41 Å². The number of likely N-dealkylation sites (tertiary alicyclic amines) is 1. The van der Waals surface area contributed by atoms with E-state index in [4.69, 9.17) is 21.3 Å². The fourth-order valence-corrected chi connectivity index (χ4v) is 6.91. The van der Waals surface area contributed by atoms with Crippen molar-refractivity contribution >= 4 is 46.3 Å². The van der Waals surface area contributed by atoms with Crippen molar-refractivity contribution < 1.29 is 9.53 Å². The number of nitrogens with one attached hydrogen (secondary N) is 1. The summed E-state index contributed by atoms with van der Waals surface area (Å²) in [7, 11) is 3.51. The number of nitrogens with zero attached hydrogens (tertiary/aromatic N) is 9. The molecule has 1 N–H and O–H groups in total. The molecular formula is C33H33ClN10O2. The van der Waals surface area contributed by atoms with Crippen LogP contribution in [-0.4, -0.2) is 70.2 Å². The van der Waals surface area contributed by atoms with Crippen LogP contribution in [0.5, 0.6) is 5.75 Å². The summed E-state index contributed by atoms with van der Waals surface area (Å²) in [5, 5.41) is 28.1.